The quantitative estimate of drug-likeness (QED) is 0.267. The maximum Gasteiger partial charge on any atom is 0.338 e. The van der Waals surface area contributed by atoms with Gasteiger partial charge >= 0.3 is 5.97 Å². The van der Waals surface area contributed by atoms with Crippen molar-refractivity contribution in [3.63, 3.8) is 0 Å². The van der Waals surface area contributed by atoms with E-state index >= 15 is 0 Å². The lowest BCUT2D eigenvalue weighted by atomic mass is 10.2. The van der Waals surface area contributed by atoms with Gasteiger partial charge in [0.2, 0.25) is 0 Å². The molecule has 0 atom stereocenters. The topological polar surface area (TPSA) is 80.3 Å². The lowest BCUT2D eigenvalue weighted by Gasteiger charge is -2.08. The number of thiazole rings is 1. The number of thiocarbonyl (C=S) groups is 1. The van der Waals surface area contributed by atoms with E-state index in [1.807, 2.05) is 6.92 Å². The van der Waals surface area contributed by atoms with Gasteiger partial charge < -0.3 is 10.1 Å². The van der Waals surface area contributed by atoms with Crippen LogP contribution in [0.1, 0.15) is 40.5 Å². The highest BCUT2D eigenvalue weighted by molar-refractivity contribution is 7.80. The predicted octanol–water partition coefficient (Wildman–Crippen LogP) is 5.69. The molecule has 30 heavy (non-hydrogen) atoms. The van der Waals surface area contributed by atoms with Gasteiger partial charge in [-0.1, -0.05) is 47.9 Å². The molecule has 1 heterocycles. The summed E-state index contributed by atoms with van der Waals surface area (Å²) in [6.45, 7) is 2.43. The van der Waals surface area contributed by atoms with Crippen molar-refractivity contribution in [3.05, 3.63) is 57.6 Å². The van der Waals surface area contributed by atoms with Crippen molar-refractivity contribution >= 4 is 79.1 Å². The number of aromatic nitrogens is 1. The minimum absolute atomic E-state index is 0.0734. The molecule has 0 aliphatic carbocycles. The molecular weight excluding hydrogens is 465 g/mol. The number of esters is 1. The van der Waals surface area contributed by atoms with Crippen molar-refractivity contribution in [2.24, 2.45) is 0 Å². The largest absolute Gasteiger partial charge is 0.462 e. The van der Waals surface area contributed by atoms with Crippen LogP contribution in [0, 0.1) is 0 Å². The summed E-state index contributed by atoms with van der Waals surface area (Å²) in [7, 11) is 0. The van der Waals surface area contributed by atoms with E-state index in [4.69, 9.17) is 40.2 Å². The van der Waals surface area contributed by atoms with Crippen molar-refractivity contribution < 1.29 is 14.3 Å². The average Bonchev–Trinajstić information content (AvgIpc) is 3.08. The number of anilines is 1. The van der Waals surface area contributed by atoms with E-state index in [1.165, 1.54) is 23.5 Å². The van der Waals surface area contributed by atoms with Crippen LogP contribution in [0.25, 0.3) is 10.2 Å². The number of carbonyl (C=O) groups is 2. The zero-order valence-electron chi connectivity index (χ0n) is 15.8. The number of rotatable bonds is 6. The van der Waals surface area contributed by atoms with Crippen molar-refractivity contribution in [1.29, 1.82) is 0 Å². The second-order valence-electron chi connectivity index (χ2n) is 6.22. The molecule has 3 aromatic rings. The summed E-state index contributed by atoms with van der Waals surface area (Å²) in [6.07, 6.45) is 1.78. The summed E-state index contributed by atoms with van der Waals surface area (Å²) in [5.74, 6) is -0.830. The number of fused-ring (bicyclic) bond motifs is 1. The molecule has 3 rings (SSSR count). The normalized spacial score (nSPS) is 10.6. The number of halogens is 2. The summed E-state index contributed by atoms with van der Waals surface area (Å²) in [5.41, 5.74) is 1.41. The molecular formula is C20H17Cl2N3O3S2. The maximum absolute atomic E-state index is 12.3. The number of nitrogens with one attached hydrogen (secondary N) is 2. The Morgan fingerprint density at radius 3 is 2.73 bits per heavy atom. The number of ether oxygens (including phenoxy) is 1. The van der Waals surface area contributed by atoms with Crippen LogP contribution in [0.15, 0.2) is 36.4 Å². The van der Waals surface area contributed by atoms with Gasteiger partial charge in [0.05, 0.1) is 33.0 Å². The number of carbonyl (C=O) groups excluding carboxylic acids is 2. The first-order chi connectivity index (χ1) is 14.4. The van der Waals surface area contributed by atoms with Gasteiger partial charge in [-0.25, -0.2) is 9.78 Å². The van der Waals surface area contributed by atoms with Gasteiger partial charge in [-0.3, -0.25) is 10.1 Å². The third-order valence-electron chi connectivity index (χ3n) is 3.98. The van der Waals surface area contributed by atoms with E-state index < -0.39 is 5.91 Å². The Hall–Kier alpha value is -2.26. The molecule has 156 valence electrons. The Morgan fingerprint density at radius 2 is 2.00 bits per heavy atom. The molecule has 6 nitrogen and oxygen atoms in total. The van der Waals surface area contributed by atoms with Gasteiger partial charge in [-0.15, -0.1) is 0 Å². The third kappa shape index (κ3) is 5.66. The number of hydrogen-bond acceptors (Lipinski definition) is 6. The highest BCUT2D eigenvalue weighted by Crippen LogP contribution is 2.27. The monoisotopic (exact) mass is 481 g/mol. The first-order valence-corrected chi connectivity index (χ1v) is 11.0. The Labute approximate surface area is 192 Å². The van der Waals surface area contributed by atoms with Gasteiger partial charge in [0.25, 0.3) is 5.91 Å². The molecule has 0 bridgehead atoms. The summed E-state index contributed by atoms with van der Waals surface area (Å²) in [6, 6.07) is 9.69. The Balaban J connectivity index is 1.66. The molecule has 2 N–H and O–H groups in total. The zero-order chi connectivity index (χ0) is 21.7. The van der Waals surface area contributed by atoms with Gasteiger partial charge in [0, 0.05) is 5.02 Å². The average molecular weight is 482 g/mol. The lowest BCUT2D eigenvalue weighted by molar-refractivity contribution is 0.0500. The molecule has 0 spiro atoms. The van der Waals surface area contributed by atoms with E-state index in [0.717, 1.165) is 17.5 Å². The summed E-state index contributed by atoms with van der Waals surface area (Å²) < 4.78 is 6.02. The Kier molecular flexibility index (Phi) is 7.60. The first kappa shape index (κ1) is 22.4. The highest BCUT2D eigenvalue weighted by atomic mass is 35.5. The molecule has 10 heteroatoms. The van der Waals surface area contributed by atoms with E-state index in [1.54, 1.807) is 24.3 Å². The summed E-state index contributed by atoms with van der Waals surface area (Å²) >= 11 is 18.4. The number of nitrogens with zero attached hydrogens (tertiary/aromatic N) is 1. The number of unbranched alkanes of at least 4 members (excludes halogenated alkanes) is 1. The van der Waals surface area contributed by atoms with Crippen LogP contribution in [-0.4, -0.2) is 28.6 Å². The Morgan fingerprint density at radius 1 is 1.20 bits per heavy atom. The number of amides is 1. The Bertz CT molecular complexity index is 1120. The van der Waals surface area contributed by atoms with E-state index in [0.29, 0.717) is 27.8 Å². The standard InChI is InChI=1S/C20H17Cl2N3O3S2/c1-2-3-8-28-18(27)11-4-7-15-16(9-11)30-20(23-15)25-19(29)24-17(26)13-6-5-12(21)10-14(13)22/h4-7,9-10H,2-3,8H2,1H3,(H2,23,24,25,26,29). The molecule has 0 aliphatic rings. The molecule has 0 saturated carbocycles. The summed E-state index contributed by atoms with van der Waals surface area (Å²) in [5, 5.41) is 6.64. The SMILES string of the molecule is CCCCOC(=O)c1ccc2nc(NC(=S)NC(=O)c3ccc(Cl)cc3Cl)sc2c1. The zero-order valence-corrected chi connectivity index (χ0v) is 19.0. The van der Waals surface area contributed by atoms with Crippen LogP contribution in [0.5, 0.6) is 0 Å². The van der Waals surface area contributed by atoms with Crippen LogP contribution in [0.4, 0.5) is 5.13 Å². The smallest absolute Gasteiger partial charge is 0.338 e. The molecule has 0 unspecified atom stereocenters. The van der Waals surface area contributed by atoms with Crippen molar-refractivity contribution in [2.75, 3.05) is 11.9 Å². The molecule has 0 aliphatic heterocycles. The molecule has 0 fully saturated rings. The van der Waals surface area contributed by atoms with Crippen LogP contribution in [0.2, 0.25) is 10.0 Å². The third-order valence-corrected chi connectivity index (χ3v) is 5.66. The molecule has 1 amide bonds. The maximum atomic E-state index is 12.3. The van der Waals surface area contributed by atoms with Gasteiger partial charge in [-0.2, -0.15) is 0 Å². The second-order valence-corrected chi connectivity index (χ2v) is 8.51. The second kappa shape index (κ2) is 10.2. The molecule has 2 aromatic carbocycles. The first-order valence-electron chi connectivity index (χ1n) is 9.02. The molecule has 1 aromatic heterocycles. The summed E-state index contributed by atoms with van der Waals surface area (Å²) in [4.78, 5) is 28.9. The lowest BCUT2D eigenvalue weighted by Crippen LogP contribution is -2.34. The highest BCUT2D eigenvalue weighted by Gasteiger charge is 2.14. The van der Waals surface area contributed by atoms with E-state index in [-0.39, 0.29) is 21.7 Å². The van der Waals surface area contributed by atoms with Crippen LogP contribution < -0.4 is 10.6 Å². The van der Waals surface area contributed by atoms with E-state index in [9.17, 15) is 9.59 Å². The van der Waals surface area contributed by atoms with Crippen LogP contribution in [0.3, 0.4) is 0 Å². The van der Waals surface area contributed by atoms with Gasteiger partial charge in [-0.05, 0) is 55.0 Å². The molecule has 0 radical (unpaired) electrons. The van der Waals surface area contributed by atoms with Gasteiger partial charge in [0.1, 0.15) is 0 Å². The van der Waals surface area contributed by atoms with Crippen molar-refractivity contribution in [2.45, 2.75) is 19.8 Å². The minimum atomic E-state index is -0.465. The van der Waals surface area contributed by atoms with E-state index in [2.05, 4.69) is 15.6 Å². The minimum Gasteiger partial charge on any atom is -0.462 e. The molecule has 0 saturated heterocycles. The van der Waals surface area contributed by atoms with Crippen LogP contribution >= 0.6 is 46.8 Å². The predicted molar refractivity (Wildman–Crippen MR) is 125 cm³/mol. The van der Waals surface area contributed by atoms with Crippen LogP contribution in [-0.2, 0) is 4.74 Å². The number of benzene rings is 2. The fraction of sp³-hybridized carbons (Fsp3) is 0.200. The van der Waals surface area contributed by atoms with Gasteiger partial charge in [0.15, 0.2) is 10.2 Å². The van der Waals surface area contributed by atoms with Crippen molar-refractivity contribution in [1.82, 2.24) is 10.3 Å². The van der Waals surface area contributed by atoms with Crippen molar-refractivity contribution in [3.8, 4) is 0 Å². The number of hydrogen-bond donors (Lipinski definition) is 2. The fourth-order valence-corrected chi connectivity index (χ4v) is 4.13. The fourth-order valence-electron chi connectivity index (χ4n) is 2.47.